The van der Waals surface area contributed by atoms with Gasteiger partial charge in [-0.2, -0.15) is 5.10 Å². The Hall–Kier alpha value is -3.46. The molecule has 9 heteroatoms. The fourth-order valence-electron chi connectivity index (χ4n) is 3.22. The van der Waals surface area contributed by atoms with Crippen molar-refractivity contribution in [3.8, 4) is 17.1 Å². The van der Waals surface area contributed by atoms with Crippen LogP contribution in [0.15, 0.2) is 36.8 Å². The first-order chi connectivity index (χ1) is 14.7. The molecule has 0 aliphatic carbocycles. The maximum atomic E-state index is 7.95. The number of aromatic nitrogens is 4. The maximum Gasteiger partial charge on any atom is 0.222 e. The van der Waals surface area contributed by atoms with E-state index in [4.69, 9.17) is 19.9 Å². The normalized spacial score (nSPS) is 13.5. The van der Waals surface area contributed by atoms with Crippen LogP contribution in [0, 0.1) is 5.41 Å². The number of rotatable bonds is 9. The van der Waals surface area contributed by atoms with Crippen LogP contribution in [0.25, 0.3) is 11.3 Å². The minimum atomic E-state index is 0.202. The Balaban J connectivity index is 1.73. The number of nitrogens with zero attached hydrogens (tertiary/aromatic N) is 4. The molecule has 4 heterocycles. The van der Waals surface area contributed by atoms with Crippen LogP contribution < -0.4 is 15.4 Å². The van der Waals surface area contributed by atoms with E-state index in [1.807, 2.05) is 44.6 Å². The molecule has 1 saturated heterocycles. The Morgan fingerprint density at radius 2 is 2.27 bits per heavy atom. The van der Waals surface area contributed by atoms with Gasteiger partial charge in [0, 0.05) is 37.8 Å². The first-order valence-corrected chi connectivity index (χ1v) is 9.87. The second kappa shape index (κ2) is 8.91. The quantitative estimate of drug-likeness (QED) is 0.468. The minimum absolute atomic E-state index is 0.202. The Bertz CT molecular complexity index is 1030. The van der Waals surface area contributed by atoms with Crippen molar-refractivity contribution in [1.29, 1.82) is 5.41 Å². The molecule has 4 rings (SSSR count). The summed E-state index contributed by atoms with van der Waals surface area (Å²) in [6, 6.07) is 5.94. The van der Waals surface area contributed by atoms with Gasteiger partial charge in [-0.15, -0.1) is 0 Å². The number of anilines is 2. The molecule has 3 N–H and O–H groups in total. The van der Waals surface area contributed by atoms with E-state index in [0.717, 1.165) is 22.5 Å². The van der Waals surface area contributed by atoms with Crippen molar-refractivity contribution in [3.63, 3.8) is 0 Å². The smallest absolute Gasteiger partial charge is 0.222 e. The Kier molecular flexibility index (Phi) is 5.89. The lowest BCUT2D eigenvalue weighted by molar-refractivity contribution is 0.0211. The fourth-order valence-corrected chi connectivity index (χ4v) is 3.22. The molecule has 0 saturated carbocycles. The third-order valence-corrected chi connectivity index (χ3v) is 4.74. The predicted molar refractivity (Wildman–Crippen MR) is 115 cm³/mol. The zero-order valence-electron chi connectivity index (χ0n) is 17.1. The van der Waals surface area contributed by atoms with Gasteiger partial charge in [-0.05, 0) is 25.1 Å². The van der Waals surface area contributed by atoms with Crippen LogP contribution in [0.1, 0.15) is 18.2 Å². The lowest BCUT2D eigenvalue weighted by Gasteiger charge is -2.29. The standard InChI is InChI=1S/C21H25N7O2/c1-3-30-21-16(5-4-6-23-21)17-7-18(24-9-14-10-25-28(2)11-14)20(19(8-22)27-17)26-15-12-29-13-15/h4-8,10-11,15,22,26H,3,9,12-13H2,1-2H3,(H,24,27). The minimum Gasteiger partial charge on any atom is -0.477 e. The summed E-state index contributed by atoms with van der Waals surface area (Å²) >= 11 is 0. The van der Waals surface area contributed by atoms with Crippen molar-refractivity contribution in [2.75, 3.05) is 30.5 Å². The molecular formula is C21H25N7O2. The number of nitrogens with one attached hydrogen (secondary N) is 3. The van der Waals surface area contributed by atoms with Crippen molar-refractivity contribution in [2.24, 2.45) is 7.05 Å². The van der Waals surface area contributed by atoms with Crippen LogP contribution in [0.2, 0.25) is 0 Å². The predicted octanol–water partition coefficient (Wildman–Crippen LogP) is 2.70. The summed E-state index contributed by atoms with van der Waals surface area (Å²) in [7, 11) is 1.89. The van der Waals surface area contributed by atoms with E-state index in [1.54, 1.807) is 10.9 Å². The van der Waals surface area contributed by atoms with Crippen LogP contribution in [0.4, 0.5) is 11.4 Å². The van der Waals surface area contributed by atoms with Crippen LogP contribution in [0.5, 0.6) is 5.88 Å². The summed E-state index contributed by atoms with van der Waals surface area (Å²) in [4.78, 5) is 9.05. The first kappa shape index (κ1) is 19.8. The van der Waals surface area contributed by atoms with Crippen molar-refractivity contribution in [3.05, 3.63) is 48.0 Å². The number of hydrogen-bond acceptors (Lipinski definition) is 8. The average molecular weight is 407 g/mol. The van der Waals surface area contributed by atoms with E-state index >= 15 is 0 Å². The third-order valence-electron chi connectivity index (χ3n) is 4.74. The molecule has 30 heavy (non-hydrogen) atoms. The molecule has 0 spiro atoms. The highest BCUT2D eigenvalue weighted by Crippen LogP contribution is 2.34. The van der Waals surface area contributed by atoms with Gasteiger partial charge in [0.15, 0.2) is 0 Å². The van der Waals surface area contributed by atoms with Crippen molar-refractivity contribution in [1.82, 2.24) is 19.7 Å². The molecule has 0 aromatic carbocycles. The topological polar surface area (TPSA) is 110 Å². The summed E-state index contributed by atoms with van der Waals surface area (Å²) < 4.78 is 12.7. The summed E-state index contributed by atoms with van der Waals surface area (Å²) in [6.45, 7) is 4.30. The van der Waals surface area contributed by atoms with E-state index in [9.17, 15) is 0 Å². The zero-order chi connectivity index (χ0) is 20.9. The van der Waals surface area contributed by atoms with Crippen molar-refractivity contribution < 1.29 is 9.47 Å². The van der Waals surface area contributed by atoms with Gasteiger partial charge in [-0.25, -0.2) is 9.97 Å². The average Bonchev–Trinajstić information content (AvgIpc) is 3.15. The van der Waals surface area contributed by atoms with Crippen LogP contribution in [-0.4, -0.2) is 51.8 Å². The monoisotopic (exact) mass is 407 g/mol. The molecular weight excluding hydrogens is 382 g/mol. The van der Waals surface area contributed by atoms with Crippen LogP contribution in [-0.2, 0) is 18.3 Å². The number of aryl methyl sites for hydroxylation is 1. The molecule has 3 aromatic heterocycles. The van der Waals surface area contributed by atoms with Gasteiger partial charge < -0.3 is 25.5 Å². The molecule has 3 aromatic rings. The largest absolute Gasteiger partial charge is 0.477 e. The Morgan fingerprint density at radius 3 is 2.93 bits per heavy atom. The molecule has 1 aliphatic rings. The number of hydrogen-bond donors (Lipinski definition) is 3. The van der Waals surface area contributed by atoms with E-state index in [2.05, 4.69) is 20.7 Å². The summed E-state index contributed by atoms with van der Waals surface area (Å²) in [5.41, 5.74) is 4.70. The first-order valence-electron chi connectivity index (χ1n) is 9.87. The van der Waals surface area contributed by atoms with Gasteiger partial charge in [-0.3, -0.25) is 4.68 Å². The second-order valence-corrected chi connectivity index (χ2v) is 7.00. The van der Waals surface area contributed by atoms with Crippen molar-refractivity contribution >= 4 is 17.6 Å². The molecule has 0 amide bonds. The highest BCUT2D eigenvalue weighted by molar-refractivity contribution is 5.91. The summed E-state index contributed by atoms with van der Waals surface area (Å²) in [5, 5.41) is 19.1. The number of ether oxygens (including phenoxy) is 2. The molecule has 0 unspecified atom stereocenters. The fraction of sp³-hybridized carbons (Fsp3) is 0.333. The van der Waals surface area contributed by atoms with Gasteiger partial charge in [0.2, 0.25) is 5.88 Å². The van der Waals surface area contributed by atoms with Gasteiger partial charge >= 0.3 is 0 Å². The molecule has 1 fully saturated rings. The van der Waals surface area contributed by atoms with E-state index < -0.39 is 0 Å². The van der Waals surface area contributed by atoms with Gasteiger partial charge in [0.25, 0.3) is 0 Å². The molecule has 1 aliphatic heterocycles. The van der Waals surface area contributed by atoms with E-state index in [-0.39, 0.29) is 6.04 Å². The molecule has 0 bridgehead atoms. The zero-order valence-corrected chi connectivity index (χ0v) is 17.1. The van der Waals surface area contributed by atoms with Crippen LogP contribution >= 0.6 is 0 Å². The lowest BCUT2D eigenvalue weighted by atomic mass is 10.1. The Labute approximate surface area is 175 Å². The van der Waals surface area contributed by atoms with Crippen LogP contribution in [0.3, 0.4) is 0 Å². The summed E-state index contributed by atoms with van der Waals surface area (Å²) in [6.07, 6.45) is 6.75. The van der Waals surface area contributed by atoms with E-state index in [1.165, 1.54) is 6.21 Å². The third kappa shape index (κ3) is 4.25. The molecule has 0 radical (unpaired) electrons. The van der Waals surface area contributed by atoms with Gasteiger partial charge in [-0.1, -0.05) is 0 Å². The highest BCUT2D eigenvalue weighted by Gasteiger charge is 2.22. The SMILES string of the molecule is CCOc1ncccc1-c1cc(NCc2cnn(C)c2)c(NC2COC2)c(C=N)n1. The maximum absolute atomic E-state index is 7.95. The van der Waals surface area contributed by atoms with E-state index in [0.29, 0.717) is 43.6 Å². The Morgan fingerprint density at radius 1 is 1.40 bits per heavy atom. The second-order valence-electron chi connectivity index (χ2n) is 7.00. The van der Waals surface area contributed by atoms with Crippen molar-refractivity contribution in [2.45, 2.75) is 19.5 Å². The molecule has 9 nitrogen and oxygen atoms in total. The van der Waals surface area contributed by atoms with Gasteiger partial charge in [0.1, 0.15) is 5.69 Å². The lowest BCUT2D eigenvalue weighted by Crippen LogP contribution is -2.40. The number of pyridine rings is 2. The highest BCUT2D eigenvalue weighted by atomic mass is 16.5. The molecule has 156 valence electrons. The van der Waals surface area contributed by atoms with Gasteiger partial charge in [0.05, 0.1) is 54.7 Å². The summed E-state index contributed by atoms with van der Waals surface area (Å²) in [5.74, 6) is 0.523. The molecule has 0 atom stereocenters.